The first-order valence-corrected chi connectivity index (χ1v) is 7.43. The number of carbonyl (C=O) groups excluding carboxylic acids is 1. The maximum absolute atomic E-state index is 12.1. The lowest BCUT2D eigenvalue weighted by Crippen LogP contribution is -2.25. The zero-order chi connectivity index (χ0) is 14.9. The molecule has 1 aromatic heterocycles. The molecule has 0 spiro atoms. The number of nitrogens with zero attached hydrogens (tertiary/aromatic N) is 3. The van der Waals surface area contributed by atoms with Gasteiger partial charge in [-0.3, -0.25) is 0 Å². The van der Waals surface area contributed by atoms with E-state index in [1.54, 1.807) is 0 Å². The van der Waals surface area contributed by atoms with Crippen LogP contribution in [0.25, 0.3) is 0 Å². The average Bonchev–Trinajstić information content (AvgIpc) is 2.69. The molecule has 2 unspecified atom stereocenters. The topological polar surface area (TPSA) is 57.0 Å². The molecule has 1 aliphatic carbocycles. The highest BCUT2D eigenvalue weighted by Gasteiger charge is 2.27. The van der Waals surface area contributed by atoms with Gasteiger partial charge in [-0.25, -0.2) is 9.48 Å². The number of carbonyl (C=O) groups is 1. The molecule has 0 bridgehead atoms. The van der Waals surface area contributed by atoms with E-state index in [1.165, 1.54) is 12.8 Å². The predicted octanol–water partition coefficient (Wildman–Crippen LogP) is 3.29. The summed E-state index contributed by atoms with van der Waals surface area (Å²) in [5.41, 5.74) is 0.656. The molecule has 0 aliphatic heterocycles. The smallest absolute Gasteiger partial charge is 0.361 e. The van der Waals surface area contributed by atoms with Crippen molar-refractivity contribution in [2.75, 3.05) is 0 Å². The van der Waals surface area contributed by atoms with E-state index in [-0.39, 0.29) is 5.97 Å². The van der Waals surface area contributed by atoms with Crippen molar-refractivity contribution in [3.8, 4) is 0 Å². The predicted molar refractivity (Wildman–Crippen MR) is 76.6 cm³/mol. The highest BCUT2D eigenvalue weighted by Crippen LogP contribution is 2.32. The highest BCUT2D eigenvalue weighted by molar-refractivity contribution is 5.88. The molecule has 5 nitrogen and oxygen atoms in total. The van der Waals surface area contributed by atoms with E-state index < -0.39 is 5.60 Å². The van der Waals surface area contributed by atoms with Crippen LogP contribution >= 0.6 is 0 Å². The Labute approximate surface area is 120 Å². The van der Waals surface area contributed by atoms with Gasteiger partial charge in [0.05, 0.1) is 11.7 Å². The molecule has 0 saturated heterocycles. The Morgan fingerprint density at radius 1 is 1.35 bits per heavy atom. The summed E-state index contributed by atoms with van der Waals surface area (Å²) in [5.74, 6) is 0.326. The van der Waals surface area contributed by atoms with Crippen LogP contribution in [0.1, 0.15) is 75.6 Å². The first-order chi connectivity index (χ1) is 9.28. The van der Waals surface area contributed by atoms with Crippen molar-refractivity contribution in [3.05, 3.63) is 11.4 Å². The van der Waals surface area contributed by atoms with Crippen LogP contribution in [0.15, 0.2) is 0 Å². The molecule has 0 amide bonds. The zero-order valence-electron chi connectivity index (χ0n) is 13.1. The lowest BCUT2D eigenvalue weighted by Gasteiger charge is -2.27. The Hall–Kier alpha value is -1.39. The first-order valence-electron chi connectivity index (χ1n) is 7.43. The largest absolute Gasteiger partial charge is 0.455 e. The molecule has 1 saturated carbocycles. The van der Waals surface area contributed by atoms with Crippen LogP contribution in [-0.2, 0) is 4.74 Å². The van der Waals surface area contributed by atoms with Crippen molar-refractivity contribution in [1.82, 2.24) is 15.0 Å². The van der Waals surface area contributed by atoms with E-state index in [1.807, 2.05) is 32.4 Å². The summed E-state index contributed by atoms with van der Waals surface area (Å²) in [7, 11) is 0. The Morgan fingerprint density at radius 2 is 2.05 bits per heavy atom. The summed E-state index contributed by atoms with van der Waals surface area (Å²) in [6, 6.07) is 0.363. The molecule has 112 valence electrons. The fourth-order valence-corrected chi connectivity index (χ4v) is 2.83. The lowest BCUT2D eigenvalue weighted by atomic mass is 9.87. The van der Waals surface area contributed by atoms with E-state index in [9.17, 15) is 4.79 Å². The van der Waals surface area contributed by atoms with Crippen LogP contribution in [0.3, 0.4) is 0 Å². The van der Waals surface area contributed by atoms with Crippen molar-refractivity contribution >= 4 is 5.97 Å². The molecule has 5 heteroatoms. The summed E-state index contributed by atoms with van der Waals surface area (Å²) in [6.45, 7) is 9.74. The highest BCUT2D eigenvalue weighted by atomic mass is 16.6. The van der Waals surface area contributed by atoms with Crippen LogP contribution in [0, 0.1) is 12.8 Å². The van der Waals surface area contributed by atoms with Gasteiger partial charge in [0, 0.05) is 0 Å². The zero-order valence-corrected chi connectivity index (χ0v) is 13.1. The molecule has 1 heterocycles. The van der Waals surface area contributed by atoms with Crippen LogP contribution < -0.4 is 0 Å². The summed E-state index contributed by atoms with van der Waals surface area (Å²) in [6.07, 6.45) is 4.72. The fraction of sp³-hybridized carbons (Fsp3) is 0.800. The van der Waals surface area contributed by atoms with Gasteiger partial charge >= 0.3 is 5.97 Å². The summed E-state index contributed by atoms with van der Waals surface area (Å²) >= 11 is 0. The van der Waals surface area contributed by atoms with E-state index in [4.69, 9.17) is 4.74 Å². The van der Waals surface area contributed by atoms with Crippen LogP contribution in [-0.4, -0.2) is 26.6 Å². The van der Waals surface area contributed by atoms with Crippen molar-refractivity contribution in [2.45, 2.75) is 71.9 Å². The van der Waals surface area contributed by atoms with Gasteiger partial charge in [0.15, 0.2) is 5.69 Å². The van der Waals surface area contributed by atoms with Gasteiger partial charge in [0.1, 0.15) is 5.60 Å². The average molecular weight is 279 g/mol. The summed E-state index contributed by atoms with van der Waals surface area (Å²) < 4.78 is 7.28. The van der Waals surface area contributed by atoms with E-state index >= 15 is 0 Å². The Bertz CT molecular complexity index is 488. The number of aromatic nitrogens is 3. The number of hydrogen-bond donors (Lipinski definition) is 0. The molecule has 1 fully saturated rings. The van der Waals surface area contributed by atoms with Gasteiger partial charge in [-0.05, 0) is 46.5 Å². The van der Waals surface area contributed by atoms with Crippen molar-refractivity contribution in [1.29, 1.82) is 0 Å². The maximum atomic E-state index is 12.1. The third-order valence-corrected chi connectivity index (χ3v) is 3.77. The molecular weight excluding hydrogens is 254 g/mol. The third kappa shape index (κ3) is 3.38. The van der Waals surface area contributed by atoms with Crippen LogP contribution in [0.2, 0.25) is 0 Å². The number of ether oxygens (including phenoxy) is 1. The maximum Gasteiger partial charge on any atom is 0.361 e. The second kappa shape index (κ2) is 5.54. The third-order valence-electron chi connectivity index (χ3n) is 3.77. The minimum absolute atomic E-state index is 0.346. The molecule has 20 heavy (non-hydrogen) atoms. The molecule has 0 aromatic carbocycles. The summed E-state index contributed by atoms with van der Waals surface area (Å²) in [4.78, 5) is 12.1. The standard InChI is InChI=1S/C15H25N3O2/c1-10-7-6-8-12(9-10)18-11(2)13(16-17-18)14(19)20-15(3,4)5/h10,12H,6-9H2,1-5H3. The van der Waals surface area contributed by atoms with Gasteiger partial charge in [-0.1, -0.05) is 25.0 Å². The van der Waals surface area contributed by atoms with Crippen LogP contribution in [0.4, 0.5) is 0 Å². The number of hydrogen-bond acceptors (Lipinski definition) is 4. The Kier molecular flexibility index (Phi) is 4.16. The van der Waals surface area contributed by atoms with Crippen LogP contribution in [0.5, 0.6) is 0 Å². The molecule has 0 radical (unpaired) electrons. The molecule has 2 atom stereocenters. The number of esters is 1. The van der Waals surface area contributed by atoms with E-state index in [0.29, 0.717) is 17.7 Å². The Morgan fingerprint density at radius 3 is 2.65 bits per heavy atom. The van der Waals surface area contributed by atoms with Gasteiger partial charge in [-0.15, -0.1) is 5.10 Å². The number of rotatable bonds is 2. The quantitative estimate of drug-likeness (QED) is 0.779. The SMILES string of the molecule is Cc1c(C(=O)OC(C)(C)C)nnn1C1CCCC(C)C1. The minimum Gasteiger partial charge on any atom is -0.455 e. The van der Waals surface area contributed by atoms with E-state index in [0.717, 1.165) is 18.5 Å². The normalized spacial score (nSPS) is 23.6. The van der Waals surface area contributed by atoms with Gasteiger partial charge < -0.3 is 4.74 Å². The molecular formula is C15H25N3O2. The second-order valence-corrected chi connectivity index (χ2v) is 6.90. The van der Waals surface area contributed by atoms with Gasteiger partial charge in [-0.2, -0.15) is 0 Å². The fourth-order valence-electron chi connectivity index (χ4n) is 2.83. The minimum atomic E-state index is -0.507. The second-order valence-electron chi connectivity index (χ2n) is 6.90. The Balaban J connectivity index is 2.16. The van der Waals surface area contributed by atoms with Crippen molar-refractivity contribution in [2.24, 2.45) is 5.92 Å². The van der Waals surface area contributed by atoms with Gasteiger partial charge in [0.2, 0.25) is 0 Å². The summed E-state index contributed by atoms with van der Waals surface area (Å²) in [5, 5.41) is 8.23. The van der Waals surface area contributed by atoms with E-state index in [2.05, 4.69) is 17.2 Å². The molecule has 2 rings (SSSR count). The van der Waals surface area contributed by atoms with Crippen molar-refractivity contribution in [3.63, 3.8) is 0 Å². The molecule has 0 N–H and O–H groups in total. The first kappa shape index (κ1) is 15.0. The van der Waals surface area contributed by atoms with Gasteiger partial charge in [0.25, 0.3) is 0 Å². The lowest BCUT2D eigenvalue weighted by molar-refractivity contribution is 0.00618. The monoisotopic (exact) mass is 279 g/mol. The molecule has 1 aliphatic rings. The van der Waals surface area contributed by atoms with Crippen molar-refractivity contribution < 1.29 is 9.53 Å². The molecule has 1 aromatic rings.